The Morgan fingerprint density at radius 1 is 0.595 bits per heavy atom. The van der Waals surface area contributed by atoms with Gasteiger partial charge in [0.05, 0.1) is 11.7 Å². The summed E-state index contributed by atoms with van der Waals surface area (Å²) in [6, 6.07) is 27.1. The summed E-state index contributed by atoms with van der Waals surface area (Å²) in [7, 11) is 0. The largest absolute Gasteiger partial charge is 0.295 e. The number of rotatable bonds is 6. The van der Waals surface area contributed by atoms with Crippen molar-refractivity contribution < 1.29 is 0 Å². The van der Waals surface area contributed by atoms with Crippen molar-refractivity contribution in [2.75, 3.05) is 13.1 Å². The van der Waals surface area contributed by atoms with E-state index >= 15 is 0 Å². The molecule has 3 aliphatic rings. The summed E-state index contributed by atoms with van der Waals surface area (Å²) in [5.41, 5.74) is 9.71. The number of hydrogen-bond donors (Lipinski definition) is 0. The van der Waals surface area contributed by atoms with Crippen LogP contribution in [0.25, 0.3) is 22.5 Å². The van der Waals surface area contributed by atoms with Crippen LogP contribution in [0.5, 0.6) is 0 Å². The molecule has 0 saturated heterocycles. The molecule has 6 bridgehead atoms. The van der Waals surface area contributed by atoms with Crippen molar-refractivity contribution in [2.24, 2.45) is 0 Å². The first-order chi connectivity index (χ1) is 18.2. The van der Waals surface area contributed by atoms with Crippen LogP contribution in [-0.4, -0.2) is 31.6 Å². The minimum absolute atomic E-state index is 0.955. The fraction of sp³-hybridized carbons (Fsp3) is 0.375. The monoisotopic (exact) mass is 510 g/mol. The van der Waals surface area contributed by atoms with Crippen LogP contribution in [-0.2, 0) is 26.2 Å². The van der Waals surface area contributed by atoms with Crippen molar-refractivity contribution in [2.45, 2.75) is 65.7 Å². The Bertz CT molecular complexity index is 1170. The second kappa shape index (κ2) is 12.6. The first kappa shape index (κ1) is 25.8. The molecule has 0 atom stereocenters. The molecule has 4 nitrogen and oxygen atoms in total. The number of unbranched alkanes of at least 4 members (excludes halogenated alkanes) is 2. The minimum atomic E-state index is 0.955. The SMILES string of the molecule is CCCCN1Cc2ccc(cc2)-c2nsnc2-c2ccc(cc2)CN(CCCC)Cc2cccc(c2)C1. The lowest BCUT2D eigenvalue weighted by Crippen LogP contribution is -2.25. The molecule has 4 heterocycles. The quantitative estimate of drug-likeness (QED) is 0.265. The van der Waals surface area contributed by atoms with Crippen LogP contribution in [0.2, 0.25) is 0 Å². The highest BCUT2D eigenvalue weighted by atomic mass is 32.1. The molecule has 5 heteroatoms. The summed E-state index contributed by atoms with van der Waals surface area (Å²) in [6.45, 7) is 10.6. The van der Waals surface area contributed by atoms with E-state index in [-0.39, 0.29) is 0 Å². The maximum absolute atomic E-state index is 4.68. The Morgan fingerprint density at radius 3 is 1.46 bits per heavy atom. The topological polar surface area (TPSA) is 32.3 Å². The number of nitrogens with zero attached hydrogens (tertiary/aromatic N) is 4. The van der Waals surface area contributed by atoms with Crippen molar-refractivity contribution in [3.63, 3.8) is 0 Å². The normalized spacial score (nSPS) is 14.8. The molecule has 0 amide bonds. The highest BCUT2D eigenvalue weighted by Gasteiger charge is 2.15. The summed E-state index contributed by atoms with van der Waals surface area (Å²) in [6.07, 6.45) is 4.85. The van der Waals surface area contributed by atoms with Crippen molar-refractivity contribution >= 4 is 11.7 Å². The molecule has 1 aromatic heterocycles. The van der Waals surface area contributed by atoms with Crippen molar-refractivity contribution in [1.82, 2.24) is 18.5 Å². The lowest BCUT2D eigenvalue weighted by atomic mass is 10.0. The number of aromatic nitrogens is 2. The number of hydrogen-bond acceptors (Lipinski definition) is 5. The summed E-state index contributed by atoms with van der Waals surface area (Å²) < 4.78 is 9.35. The van der Waals surface area contributed by atoms with E-state index in [9.17, 15) is 0 Å². The van der Waals surface area contributed by atoms with Gasteiger partial charge in [0.1, 0.15) is 11.4 Å². The molecule has 192 valence electrons. The summed E-state index contributed by atoms with van der Waals surface area (Å²) in [5.74, 6) is 0. The van der Waals surface area contributed by atoms with Crippen molar-refractivity contribution in [3.8, 4) is 22.5 Å². The molecule has 4 aromatic rings. The summed E-state index contributed by atoms with van der Waals surface area (Å²) in [4.78, 5) is 5.19. The van der Waals surface area contributed by atoms with Crippen LogP contribution in [0.1, 0.15) is 61.8 Å². The highest BCUT2D eigenvalue weighted by Crippen LogP contribution is 2.31. The van der Waals surface area contributed by atoms with Gasteiger partial charge < -0.3 is 0 Å². The molecule has 3 aromatic carbocycles. The Labute approximate surface area is 226 Å². The first-order valence-corrected chi connectivity index (χ1v) is 14.5. The molecule has 7 rings (SSSR count). The molecule has 37 heavy (non-hydrogen) atoms. The molecule has 0 fully saturated rings. The molecular weight excluding hydrogens is 472 g/mol. The standard InChI is InChI=1S/C32H38N4S/c1-3-5-18-35-21-25-10-14-29(15-11-25)31-32(34-37-33-31)30-16-12-26(13-17-30)22-36(19-6-4-2)24-28-9-7-8-27(20-28)23-35/h7-17,20H,3-6,18-19,21-24H2,1-2H3. The van der Waals surface area contributed by atoms with Gasteiger partial charge in [-0.1, -0.05) is 99.5 Å². The van der Waals surface area contributed by atoms with Gasteiger partial charge in [-0.2, -0.15) is 8.75 Å². The van der Waals surface area contributed by atoms with Gasteiger partial charge in [-0.3, -0.25) is 9.80 Å². The van der Waals surface area contributed by atoms with E-state index < -0.39 is 0 Å². The maximum atomic E-state index is 4.68. The van der Waals surface area contributed by atoms with Crippen molar-refractivity contribution in [3.05, 3.63) is 95.1 Å². The predicted molar refractivity (Wildman–Crippen MR) is 155 cm³/mol. The van der Waals surface area contributed by atoms with E-state index in [4.69, 9.17) is 0 Å². The van der Waals surface area contributed by atoms with E-state index in [2.05, 4.69) is 105 Å². The maximum Gasteiger partial charge on any atom is 0.112 e. The van der Waals surface area contributed by atoms with E-state index in [0.29, 0.717) is 0 Å². The predicted octanol–water partition coefficient (Wildman–Crippen LogP) is 7.79. The lowest BCUT2D eigenvalue weighted by Gasteiger charge is -2.24. The molecule has 0 saturated carbocycles. The number of benzene rings is 3. The van der Waals surface area contributed by atoms with Gasteiger partial charge >= 0.3 is 0 Å². The fourth-order valence-corrected chi connectivity index (χ4v) is 5.74. The molecule has 0 N–H and O–H groups in total. The molecule has 0 spiro atoms. The Balaban J connectivity index is 1.52. The molecule has 3 aliphatic heterocycles. The van der Waals surface area contributed by atoms with Crippen molar-refractivity contribution in [1.29, 1.82) is 0 Å². The van der Waals surface area contributed by atoms with Crippen LogP contribution in [0.15, 0.2) is 72.8 Å². The molecular formula is C32H38N4S. The fourth-order valence-electron chi connectivity index (χ4n) is 5.15. The van der Waals surface area contributed by atoms with Gasteiger partial charge in [-0.25, -0.2) is 0 Å². The second-order valence-corrected chi connectivity index (χ2v) is 10.8. The zero-order valence-electron chi connectivity index (χ0n) is 22.2. The van der Waals surface area contributed by atoms with Gasteiger partial charge in [0.2, 0.25) is 0 Å². The Hall–Kier alpha value is -2.86. The summed E-state index contributed by atoms with van der Waals surface area (Å²) in [5, 5.41) is 0. The van der Waals surface area contributed by atoms with Crippen LogP contribution in [0, 0.1) is 0 Å². The zero-order valence-corrected chi connectivity index (χ0v) is 23.0. The van der Waals surface area contributed by atoms with E-state index in [1.54, 1.807) is 0 Å². The van der Waals surface area contributed by atoms with E-state index in [1.807, 2.05) is 0 Å². The third-order valence-corrected chi connectivity index (χ3v) is 7.74. The second-order valence-electron chi connectivity index (χ2n) is 10.3. The van der Waals surface area contributed by atoms with E-state index in [0.717, 1.165) is 61.8 Å². The average molecular weight is 511 g/mol. The number of fused-ring (bicyclic) bond motifs is 2. The van der Waals surface area contributed by atoms with Crippen LogP contribution >= 0.6 is 11.7 Å². The first-order valence-electron chi connectivity index (χ1n) is 13.8. The van der Waals surface area contributed by atoms with Gasteiger partial charge in [0, 0.05) is 37.3 Å². The average Bonchev–Trinajstić information content (AvgIpc) is 3.41. The highest BCUT2D eigenvalue weighted by molar-refractivity contribution is 6.99. The van der Waals surface area contributed by atoms with Gasteiger partial charge in [-0.05, 0) is 48.2 Å². The molecule has 0 unspecified atom stereocenters. The van der Waals surface area contributed by atoms with E-state index in [1.165, 1.54) is 59.7 Å². The van der Waals surface area contributed by atoms with Gasteiger partial charge in [0.25, 0.3) is 0 Å². The van der Waals surface area contributed by atoms with Gasteiger partial charge in [0.15, 0.2) is 0 Å². The third kappa shape index (κ3) is 6.72. The Morgan fingerprint density at radius 2 is 1.03 bits per heavy atom. The third-order valence-electron chi connectivity index (χ3n) is 7.22. The summed E-state index contributed by atoms with van der Waals surface area (Å²) >= 11 is 1.30. The van der Waals surface area contributed by atoms with Gasteiger partial charge in [-0.15, -0.1) is 0 Å². The smallest absolute Gasteiger partial charge is 0.112 e. The van der Waals surface area contributed by atoms with Crippen LogP contribution < -0.4 is 0 Å². The van der Waals surface area contributed by atoms with Crippen LogP contribution in [0.4, 0.5) is 0 Å². The van der Waals surface area contributed by atoms with Crippen LogP contribution in [0.3, 0.4) is 0 Å². The minimum Gasteiger partial charge on any atom is -0.295 e. The zero-order chi connectivity index (χ0) is 25.5. The molecule has 0 radical (unpaired) electrons. The molecule has 0 aliphatic carbocycles. The Kier molecular flexibility index (Phi) is 8.77. The lowest BCUT2D eigenvalue weighted by molar-refractivity contribution is 0.248.